The van der Waals surface area contributed by atoms with E-state index in [1.807, 2.05) is 12.3 Å². The average molecular weight is 189 g/mol. The molecule has 2 aromatic rings. The Morgan fingerprint density at radius 3 is 3.14 bits per heavy atom. The van der Waals surface area contributed by atoms with Gasteiger partial charge in [0.1, 0.15) is 5.65 Å². The number of nitrogens with one attached hydrogen (secondary N) is 1. The topological polar surface area (TPSA) is 54.7 Å². The van der Waals surface area contributed by atoms with Gasteiger partial charge in [-0.25, -0.2) is 4.98 Å². The van der Waals surface area contributed by atoms with Gasteiger partial charge < -0.3 is 10.7 Å². The first-order valence-corrected chi connectivity index (χ1v) is 5.03. The Balaban J connectivity index is 2.47. The molecule has 0 saturated heterocycles. The zero-order valence-corrected chi connectivity index (χ0v) is 8.38. The fourth-order valence-corrected chi connectivity index (χ4v) is 1.71. The molecule has 0 aliphatic rings. The highest BCUT2D eigenvalue weighted by molar-refractivity contribution is 5.83. The van der Waals surface area contributed by atoms with Gasteiger partial charge in [-0.15, -0.1) is 0 Å². The third kappa shape index (κ3) is 1.45. The molecule has 3 N–H and O–H groups in total. The molecular formula is C11H15N3. The smallest absolute Gasteiger partial charge is 0.137 e. The zero-order valence-electron chi connectivity index (χ0n) is 8.38. The first kappa shape index (κ1) is 9.06. The summed E-state index contributed by atoms with van der Waals surface area (Å²) in [7, 11) is 0. The highest BCUT2D eigenvalue weighted by Crippen LogP contribution is 2.22. The summed E-state index contributed by atoms with van der Waals surface area (Å²) in [5.74, 6) is 0. The van der Waals surface area contributed by atoms with Gasteiger partial charge in [0.15, 0.2) is 0 Å². The van der Waals surface area contributed by atoms with Gasteiger partial charge >= 0.3 is 0 Å². The van der Waals surface area contributed by atoms with Crippen LogP contribution in [0.1, 0.15) is 25.3 Å². The fourth-order valence-electron chi connectivity index (χ4n) is 1.71. The minimum atomic E-state index is 0.811. The lowest BCUT2D eigenvalue weighted by molar-refractivity contribution is 0.800. The Bertz CT molecular complexity index is 431. The summed E-state index contributed by atoms with van der Waals surface area (Å²) in [6, 6.07) is 2.05. The summed E-state index contributed by atoms with van der Waals surface area (Å²) in [5, 5.41) is 1.17. The van der Waals surface area contributed by atoms with Crippen molar-refractivity contribution in [2.45, 2.75) is 26.2 Å². The number of anilines is 1. The van der Waals surface area contributed by atoms with Gasteiger partial charge in [-0.3, -0.25) is 0 Å². The van der Waals surface area contributed by atoms with E-state index in [2.05, 4.69) is 16.9 Å². The average Bonchev–Trinajstić information content (AvgIpc) is 2.64. The monoisotopic (exact) mass is 189 g/mol. The normalized spacial score (nSPS) is 10.9. The Kier molecular flexibility index (Phi) is 2.39. The van der Waals surface area contributed by atoms with Crippen molar-refractivity contribution in [1.29, 1.82) is 0 Å². The van der Waals surface area contributed by atoms with Crippen LogP contribution in [0.15, 0.2) is 18.5 Å². The molecular weight excluding hydrogens is 174 g/mol. The lowest BCUT2D eigenvalue weighted by atomic mass is 10.1. The van der Waals surface area contributed by atoms with Crippen molar-refractivity contribution in [2.24, 2.45) is 0 Å². The number of pyridine rings is 1. The van der Waals surface area contributed by atoms with E-state index in [1.54, 1.807) is 6.20 Å². The third-order valence-electron chi connectivity index (χ3n) is 2.51. The first-order chi connectivity index (χ1) is 6.83. The number of nitrogens with zero attached hydrogens (tertiary/aromatic N) is 1. The number of hydrogen-bond donors (Lipinski definition) is 2. The lowest BCUT2D eigenvalue weighted by Crippen LogP contribution is -1.96. The van der Waals surface area contributed by atoms with Crippen LogP contribution in [0.25, 0.3) is 11.0 Å². The Morgan fingerprint density at radius 2 is 2.36 bits per heavy atom. The standard InChI is InChI=1S/C11H15N3/c1-2-3-4-8-9-5-6-13-11(9)14-7-10(8)12/h5-7H,2-4,12H2,1H3,(H,13,14). The van der Waals surface area contributed by atoms with Crippen LogP contribution in [0.5, 0.6) is 0 Å². The van der Waals surface area contributed by atoms with Crippen LogP contribution in [0.3, 0.4) is 0 Å². The van der Waals surface area contributed by atoms with Crippen molar-refractivity contribution in [3.05, 3.63) is 24.0 Å². The second kappa shape index (κ2) is 3.70. The summed E-state index contributed by atoms with van der Waals surface area (Å²) in [4.78, 5) is 7.33. The molecule has 2 rings (SSSR count). The summed E-state index contributed by atoms with van der Waals surface area (Å²) in [6.45, 7) is 2.19. The minimum absolute atomic E-state index is 0.811. The lowest BCUT2D eigenvalue weighted by Gasteiger charge is -2.05. The van der Waals surface area contributed by atoms with E-state index in [1.165, 1.54) is 23.8 Å². The predicted molar refractivity (Wildman–Crippen MR) is 59.1 cm³/mol. The van der Waals surface area contributed by atoms with E-state index in [0.29, 0.717) is 0 Å². The Hall–Kier alpha value is -1.51. The molecule has 0 unspecified atom stereocenters. The molecule has 2 heterocycles. The van der Waals surface area contributed by atoms with Crippen LogP contribution in [0, 0.1) is 0 Å². The maximum Gasteiger partial charge on any atom is 0.137 e. The van der Waals surface area contributed by atoms with Crippen molar-refractivity contribution in [2.75, 3.05) is 5.73 Å². The van der Waals surface area contributed by atoms with Gasteiger partial charge in [-0.2, -0.15) is 0 Å². The quantitative estimate of drug-likeness (QED) is 0.779. The Labute approximate surface area is 83.3 Å². The fraction of sp³-hybridized carbons (Fsp3) is 0.364. The number of rotatable bonds is 3. The van der Waals surface area contributed by atoms with Crippen LogP contribution in [0.4, 0.5) is 5.69 Å². The molecule has 0 atom stereocenters. The Morgan fingerprint density at radius 1 is 1.50 bits per heavy atom. The van der Waals surface area contributed by atoms with Crippen molar-refractivity contribution in [3.8, 4) is 0 Å². The van der Waals surface area contributed by atoms with E-state index in [-0.39, 0.29) is 0 Å². The molecule has 0 saturated carbocycles. The van der Waals surface area contributed by atoms with Gasteiger partial charge in [0, 0.05) is 11.6 Å². The maximum absolute atomic E-state index is 5.91. The summed E-state index contributed by atoms with van der Waals surface area (Å²) in [6.07, 6.45) is 7.05. The highest BCUT2D eigenvalue weighted by Gasteiger charge is 2.06. The van der Waals surface area contributed by atoms with Crippen molar-refractivity contribution < 1.29 is 0 Å². The second-order valence-electron chi connectivity index (χ2n) is 3.54. The number of H-pyrrole nitrogens is 1. The number of nitrogen functional groups attached to an aromatic ring is 1. The molecule has 0 fully saturated rings. The number of unbranched alkanes of at least 4 members (excludes halogenated alkanes) is 1. The molecule has 0 radical (unpaired) electrons. The molecule has 74 valence electrons. The second-order valence-corrected chi connectivity index (χ2v) is 3.54. The number of aromatic amines is 1. The van der Waals surface area contributed by atoms with Crippen LogP contribution in [-0.4, -0.2) is 9.97 Å². The van der Waals surface area contributed by atoms with Crippen molar-refractivity contribution in [3.63, 3.8) is 0 Å². The molecule has 2 aromatic heterocycles. The number of aryl methyl sites for hydroxylation is 1. The number of aromatic nitrogens is 2. The summed E-state index contributed by atoms with van der Waals surface area (Å²) in [5.41, 5.74) is 8.89. The molecule has 0 aliphatic heterocycles. The number of fused-ring (bicyclic) bond motifs is 1. The summed E-state index contributed by atoms with van der Waals surface area (Å²) < 4.78 is 0. The van der Waals surface area contributed by atoms with Crippen LogP contribution in [-0.2, 0) is 6.42 Å². The molecule has 0 spiro atoms. The predicted octanol–water partition coefficient (Wildman–Crippen LogP) is 2.49. The molecule has 3 nitrogen and oxygen atoms in total. The minimum Gasteiger partial charge on any atom is -0.397 e. The maximum atomic E-state index is 5.91. The van der Waals surface area contributed by atoms with Gasteiger partial charge in [-0.05, 0) is 24.5 Å². The van der Waals surface area contributed by atoms with E-state index in [0.717, 1.165) is 17.8 Å². The van der Waals surface area contributed by atoms with Gasteiger partial charge in [0.25, 0.3) is 0 Å². The molecule has 14 heavy (non-hydrogen) atoms. The van der Waals surface area contributed by atoms with Crippen LogP contribution >= 0.6 is 0 Å². The van der Waals surface area contributed by atoms with Gasteiger partial charge in [-0.1, -0.05) is 13.3 Å². The third-order valence-corrected chi connectivity index (χ3v) is 2.51. The van der Waals surface area contributed by atoms with E-state index in [4.69, 9.17) is 5.73 Å². The zero-order chi connectivity index (χ0) is 9.97. The van der Waals surface area contributed by atoms with E-state index < -0.39 is 0 Å². The SMILES string of the molecule is CCCCc1c(N)cnc2[nH]ccc12. The molecule has 0 aliphatic carbocycles. The van der Waals surface area contributed by atoms with E-state index in [9.17, 15) is 0 Å². The molecule has 0 bridgehead atoms. The van der Waals surface area contributed by atoms with Crippen molar-refractivity contribution in [1.82, 2.24) is 9.97 Å². The summed E-state index contributed by atoms with van der Waals surface area (Å²) >= 11 is 0. The molecule has 3 heteroatoms. The van der Waals surface area contributed by atoms with Crippen molar-refractivity contribution >= 4 is 16.7 Å². The highest BCUT2D eigenvalue weighted by atomic mass is 14.8. The van der Waals surface area contributed by atoms with Gasteiger partial charge in [0.05, 0.1) is 11.9 Å². The number of hydrogen-bond acceptors (Lipinski definition) is 2. The molecule has 0 amide bonds. The molecule has 0 aromatic carbocycles. The largest absolute Gasteiger partial charge is 0.397 e. The first-order valence-electron chi connectivity index (χ1n) is 5.03. The van der Waals surface area contributed by atoms with Crippen LogP contribution < -0.4 is 5.73 Å². The number of nitrogens with two attached hydrogens (primary N) is 1. The van der Waals surface area contributed by atoms with E-state index >= 15 is 0 Å². The van der Waals surface area contributed by atoms with Crippen LogP contribution in [0.2, 0.25) is 0 Å². The van der Waals surface area contributed by atoms with Gasteiger partial charge in [0.2, 0.25) is 0 Å².